The van der Waals surface area contributed by atoms with Gasteiger partial charge in [-0.15, -0.1) is 0 Å². The zero-order valence-corrected chi connectivity index (χ0v) is 25.9. The lowest BCUT2D eigenvalue weighted by molar-refractivity contribution is 0.0675. The fraction of sp³-hybridized carbons (Fsp3) is 0.257. The quantitative estimate of drug-likeness (QED) is 0.189. The van der Waals surface area contributed by atoms with Crippen molar-refractivity contribution in [2.45, 2.75) is 33.2 Å². The van der Waals surface area contributed by atoms with Crippen LogP contribution in [0.25, 0.3) is 0 Å². The van der Waals surface area contributed by atoms with Gasteiger partial charge < -0.3 is 29.7 Å². The van der Waals surface area contributed by atoms with Crippen LogP contribution >= 0.6 is 0 Å². The predicted molar refractivity (Wildman–Crippen MR) is 178 cm³/mol. The molecule has 230 valence electrons. The maximum absolute atomic E-state index is 14.3. The third-order valence-corrected chi connectivity index (χ3v) is 8.91. The molecule has 0 saturated heterocycles. The Morgan fingerprint density at radius 1 is 0.800 bits per heavy atom. The highest BCUT2D eigenvalue weighted by atomic mass is 16.5. The van der Waals surface area contributed by atoms with Crippen molar-refractivity contribution in [1.82, 2.24) is 5.01 Å². The van der Waals surface area contributed by atoms with E-state index in [1.54, 1.807) is 6.07 Å². The number of aromatic hydroxyl groups is 1. The normalized spacial score (nSPS) is 14.3. The summed E-state index contributed by atoms with van der Waals surface area (Å²) in [6.45, 7) is 11.7. The van der Waals surface area contributed by atoms with Crippen LogP contribution in [-0.2, 0) is 5.54 Å². The molecular weight excluding hydrogens is 567 g/mol. The second kappa shape index (κ2) is 11.9. The molecule has 0 radical (unpaired) electrons. The zero-order valence-electron chi connectivity index (χ0n) is 25.9. The van der Waals surface area contributed by atoms with E-state index in [1.807, 2.05) is 42.5 Å². The fourth-order valence-corrected chi connectivity index (χ4v) is 6.60. The summed E-state index contributed by atoms with van der Waals surface area (Å²) in [7, 11) is -1.73. The van der Waals surface area contributed by atoms with Crippen molar-refractivity contribution in [3.8, 4) is 17.2 Å². The van der Waals surface area contributed by atoms with Crippen molar-refractivity contribution < 1.29 is 24.7 Å². The molecule has 2 aliphatic heterocycles. The first-order chi connectivity index (χ1) is 21.8. The van der Waals surface area contributed by atoms with Crippen molar-refractivity contribution in [2.24, 2.45) is 5.10 Å². The molecule has 0 fully saturated rings. The molecule has 3 N–H and O–H groups in total. The van der Waals surface area contributed by atoms with Crippen LogP contribution in [0.2, 0.25) is 0 Å². The smallest absolute Gasteiger partial charge is 0.488 e. The zero-order chi connectivity index (χ0) is 31.9. The Labute approximate surface area is 263 Å². The molecule has 1 spiro atoms. The molecule has 0 aromatic heterocycles. The van der Waals surface area contributed by atoms with Crippen LogP contribution in [0.5, 0.6) is 17.2 Å². The fourth-order valence-electron chi connectivity index (χ4n) is 6.60. The van der Waals surface area contributed by atoms with Crippen LogP contribution < -0.4 is 20.0 Å². The van der Waals surface area contributed by atoms with Crippen LogP contribution in [0.3, 0.4) is 0 Å². The molecule has 0 atom stereocenters. The highest BCUT2D eigenvalue weighted by molar-refractivity contribution is 6.58. The van der Waals surface area contributed by atoms with E-state index in [0.29, 0.717) is 17.1 Å². The summed E-state index contributed by atoms with van der Waals surface area (Å²) in [6.07, 6.45) is 1.39. The second-order valence-electron chi connectivity index (χ2n) is 11.1. The van der Waals surface area contributed by atoms with Crippen LogP contribution in [-0.4, -0.2) is 65.6 Å². The molecule has 0 saturated carbocycles. The number of anilines is 2. The highest BCUT2D eigenvalue weighted by Crippen LogP contribution is 2.58. The van der Waals surface area contributed by atoms with E-state index in [2.05, 4.69) is 49.6 Å². The number of hydrogen-bond acceptors (Lipinski definition) is 8. The monoisotopic (exact) mass is 604 g/mol. The Balaban J connectivity index is 1.63. The lowest BCUT2D eigenvalue weighted by Gasteiger charge is -2.42. The van der Waals surface area contributed by atoms with Crippen LogP contribution in [0, 0.1) is 0 Å². The molecule has 2 aliphatic rings. The van der Waals surface area contributed by atoms with Gasteiger partial charge in [-0.3, -0.25) is 4.79 Å². The first-order valence-corrected chi connectivity index (χ1v) is 15.4. The largest absolute Gasteiger partial charge is 0.507 e. The number of phenolic OH excluding ortho intramolecular Hbond substituents is 1. The van der Waals surface area contributed by atoms with E-state index >= 15 is 0 Å². The SMILES string of the molecule is CCN(CC)c1ccc2c(c1)Oc1cc(N(CC)CC)ccc1C21c2ccccc2C(=O)N1/N=C/c1cc(B(O)O)ccc1O. The summed E-state index contributed by atoms with van der Waals surface area (Å²) in [5.74, 6) is 0.837. The van der Waals surface area contributed by atoms with Gasteiger partial charge in [0.2, 0.25) is 0 Å². The number of carbonyl (C=O) groups is 1. The number of carbonyl (C=O) groups excluding carboxylic acids is 1. The number of rotatable bonds is 9. The summed E-state index contributed by atoms with van der Waals surface area (Å²) < 4.78 is 6.71. The maximum Gasteiger partial charge on any atom is 0.488 e. The summed E-state index contributed by atoms with van der Waals surface area (Å²) in [6, 6.07) is 23.9. The van der Waals surface area contributed by atoms with E-state index in [4.69, 9.17) is 9.84 Å². The van der Waals surface area contributed by atoms with Crippen LogP contribution in [0.4, 0.5) is 11.4 Å². The van der Waals surface area contributed by atoms with Gasteiger partial charge in [-0.25, -0.2) is 5.01 Å². The summed E-state index contributed by atoms with van der Waals surface area (Å²) in [4.78, 5) is 18.8. The number of nitrogens with zero attached hydrogens (tertiary/aromatic N) is 4. The highest BCUT2D eigenvalue weighted by Gasteiger charge is 2.57. The number of amides is 1. The minimum absolute atomic E-state index is 0.109. The molecule has 6 rings (SSSR count). The van der Waals surface area contributed by atoms with Crippen molar-refractivity contribution in [3.05, 3.63) is 107 Å². The minimum Gasteiger partial charge on any atom is -0.507 e. The maximum atomic E-state index is 14.3. The Kier molecular flexibility index (Phi) is 8.03. The van der Waals surface area contributed by atoms with E-state index in [9.17, 15) is 19.9 Å². The van der Waals surface area contributed by atoms with Crippen molar-refractivity contribution in [1.29, 1.82) is 0 Å². The summed E-state index contributed by atoms with van der Waals surface area (Å²) in [5.41, 5.74) is 4.08. The molecular formula is C35H37BN4O5. The van der Waals surface area contributed by atoms with Gasteiger partial charge in [-0.05, 0) is 63.5 Å². The number of phenols is 1. The van der Waals surface area contributed by atoms with Gasteiger partial charge >= 0.3 is 7.12 Å². The molecule has 4 aromatic carbocycles. The average molecular weight is 605 g/mol. The number of hydrazone groups is 1. The third-order valence-electron chi connectivity index (χ3n) is 8.91. The van der Waals surface area contributed by atoms with Crippen LogP contribution in [0.15, 0.2) is 84.0 Å². The molecule has 1 amide bonds. The molecule has 2 heterocycles. The molecule has 4 aromatic rings. The minimum atomic E-state index is -1.73. The predicted octanol–water partition coefficient (Wildman–Crippen LogP) is 4.65. The number of ether oxygens (including phenoxy) is 1. The lowest BCUT2D eigenvalue weighted by Crippen LogP contribution is -2.44. The van der Waals surface area contributed by atoms with E-state index < -0.39 is 12.7 Å². The molecule has 0 aliphatic carbocycles. The summed E-state index contributed by atoms with van der Waals surface area (Å²) in [5, 5.41) is 36.3. The van der Waals surface area contributed by atoms with Gasteiger partial charge in [0.05, 0.1) is 6.21 Å². The first kappa shape index (κ1) is 30.2. The van der Waals surface area contributed by atoms with Gasteiger partial charge in [-0.1, -0.05) is 36.4 Å². The van der Waals surface area contributed by atoms with Gasteiger partial charge in [0.1, 0.15) is 22.8 Å². The van der Waals surface area contributed by atoms with E-state index in [1.165, 1.54) is 29.4 Å². The standard InChI is InChI=1S/C35H37BN4O5/c1-5-38(6-2)25-14-16-29-32(20-25)45-33-21-26(39(7-3)8-4)15-17-30(33)35(29)28-12-10-9-11-27(28)34(42)40(35)37-22-23-19-24(36(43)44)13-18-31(23)41/h9-22,41,43-44H,5-8H2,1-4H3/b37-22+. The van der Waals surface area contributed by atoms with Crippen LogP contribution in [0.1, 0.15) is 60.3 Å². The topological polar surface area (TPSA) is 109 Å². The molecule has 9 nitrogen and oxygen atoms in total. The Bertz CT molecular complexity index is 1720. The first-order valence-electron chi connectivity index (χ1n) is 15.4. The average Bonchev–Trinajstić information content (AvgIpc) is 3.29. The number of hydrogen-bond donors (Lipinski definition) is 3. The lowest BCUT2D eigenvalue weighted by atomic mass is 9.75. The Hall–Kier alpha value is -4.80. The number of benzene rings is 4. The van der Waals surface area contributed by atoms with Gasteiger partial charge in [0.15, 0.2) is 0 Å². The van der Waals surface area contributed by atoms with Crippen molar-refractivity contribution in [2.75, 3.05) is 36.0 Å². The van der Waals surface area contributed by atoms with E-state index in [-0.39, 0.29) is 22.7 Å². The molecule has 10 heteroatoms. The Morgan fingerprint density at radius 3 is 1.93 bits per heavy atom. The second-order valence-corrected chi connectivity index (χ2v) is 11.1. The third kappa shape index (κ3) is 4.81. The van der Waals surface area contributed by atoms with Gasteiger partial charge in [-0.2, -0.15) is 5.10 Å². The molecule has 45 heavy (non-hydrogen) atoms. The van der Waals surface area contributed by atoms with Crippen molar-refractivity contribution in [3.63, 3.8) is 0 Å². The molecule has 0 bridgehead atoms. The van der Waals surface area contributed by atoms with E-state index in [0.717, 1.165) is 54.2 Å². The summed E-state index contributed by atoms with van der Waals surface area (Å²) >= 11 is 0. The van der Waals surface area contributed by atoms with Gasteiger partial charge in [0.25, 0.3) is 5.91 Å². The Morgan fingerprint density at radius 2 is 1.38 bits per heavy atom. The number of fused-ring (bicyclic) bond motifs is 6. The van der Waals surface area contributed by atoms with Gasteiger partial charge in [0, 0.05) is 77.5 Å². The molecule has 0 unspecified atom stereocenters. The van der Waals surface area contributed by atoms with Crippen molar-refractivity contribution >= 4 is 36.1 Å².